The highest BCUT2D eigenvalue weighted by Gasteiger charge is 2.27. The van der Waals surface area contributed by atoms with E-state index in [9.17, 15) is 14.4 Å². The molecule has 1 fully saturated rings. The van der Waals surface area contributed by atoms with Gasteiger partial charge in [-0.2, -0.15) is 0 Å². The Morgan fingerprint density at radius 3 is 2.65 bits per heavy atom. The van der Waals surface area contributed by atoms with Crippen molar-refractivity contribution < 1.29 is 19.1 Å². The van der Waals surface area contributed by atoms with E-state index in [1.165, 1.54) is 0 Å². The fraction of sp³-hybridized carbons (Fsp3) is 0.727. The molecule has 1 heterocycles. The summed E-state index contributed by atoms with van der Waals surface area (Å²) >= 11 is 0. The normalized spacial score (nSPS) is 20.8. The predicted molar refractivity (Wildman–Crippen MR) is 60.1 cm³/mol. The lowest BCUT2D eigenvalue weighted by Gasteiger charge is -2.23. The molecule has 0 aliphatic carbocycles. The van der Waals surface area contributed by atoms with Crippen LogP contribution in [-0.2, 0) is 14.3 Å². The smallest absolute Gasteiger partial charge is 0.407 e. The summed E-state index contributed by atoms with van der Waals surface area (Å²) < 4.78 is 5.04. The quantitative estimate of drug-likeness (QED) is 0.693. The van der Waals surface area contributed by atoms with Crippen molar-refractivity contribution >= 4 is 17.9 Å². The lowest BCUT2D eigenvalue weighted by atomic mass is 9.98. The molecule has 0 aromatic carbocycles. The number of hydrogen-bond acceptors (Lipinski definition) is 4. The second-order valence-electron chi connectivity index (χ2n) is 5.03. The molecule has 96 valence electrons. The van der Waals surface area contributed by atoms with E-state index in [2.05, 4.69) is 10.6 Å². The highest BCUT2D eigenvalue weighted by atomic mass is 16.6. The molecule has 0 spiro atoms. The van der Waals surface area contributed by atoms with Crippen molar-refractivity contribution in [3.05, 3.63) is 0 Å². The highest BCUT2D eigenvalue weighted by Crippen LogP contribution is 2.11. The summed E-state index contributed by atoms with van der Waals surface area (Å²) in [6, 6.07) is 0. The molecule has 2 N–H and O–H groups in total. The largest absolute Gasteiger partial charge is 0.444 e. The van der Waals surface area contributed by atoms with E-state index in [-0.39, 0.29) is 24.3 Å². The number of nitrogens with one attached hydrogen (secondary N) is 2. The molecule has 1 aliphatic heterocycles. The van der Waals surface area contributed by atoms with Crippen LogP contribution >= 0.6 is 0 Å². The van der Waals surface area contributed by atoms with Crippen LogP contribution in [0.2, 0.25) is 0 Å². The molecular weight excluding hydrogens is 224 g/mol. The minimum Gasteiger partial charge on any atom is -0.444 e. The van der Waals surface area contributed by atoms with E-state index in [0.29, 0.717) is 12.8 Å². The summed E-state index contributed by atoms with van der Waals surface area (Å²) in [6.07, 6.45) is 0.217. The van der Waals surface area contributed by atoms with Crippen LogP contribution in [0.1, 0.15) is 33.6 Å². The zero-order valence-corrected chi connectivity index (χ0v) is 10.3. The van der Waals surface area contributed by atoms with Crippen LogP contribution in [0.5, 0.6) is 0 Å². The molecule has 0 radical (unpaired) electrons. The standard InChI is InChI=1S/C11H18N2O4/c1-11(2,3)17-10(16)12-6-7-4-5-8(14)13-9(7)15/h7H,4-6H2,1-3H3,(H,12,16)(H,13,14,15). The van der Waals surface area contributed by atoms with Crippen LogP contribution in [0.4, 0.5) is 4.79 Å². The molecule has 3 amide bonds. The van der Waals surface area contributed by atoms with Gasteiger partial charge in [0.15, 0.2) is 0 Å². The first-order valence-corrected chi connectivity index (χ1v) is 5.58. The number of carbonyl (C=O) groups excluding carboxylic acids is 3. The maximum absolute atomic E-state index is 11.4. The average molecular weight is 242 g/mol. The monoisotopic (exact) mass is 242 g/mol. The van der Waals surface area contributed by atoms with Gasteiger partial charge in [0.05, 0.1) is 5.92 Å². The van der Waals surface area contributed by atoms with Crippen molar-refractivity contribution in [2.45, 2.75) is 39.2 Å². The number of imide groups is 1. The maximum Gasteiger partial charge on any atom is 0.407 e. The number of alkyl carbamates (subject to hydrolysis) is 1. The van der Waals surface area contributed by atoms with E-state index < -0.39 is 11.7 Å². The molecule has 0 aromatic heterocycles. The Morgan fingerprint density at radius 2 is 2.12 bits per heavy atom. The van der Waals surface area contributed by atoms with Gasteiger partial charge in [0.25, 0.3) is 0 Å². The van der Waals surface area contributed by atoms with E-state index in [1.807, 2.05) is 0 Å². The first-order chi connectivity index (χ1) is 7.78. The van der Waals surface area contributed by atoms with Gasteiger partial charge in [-0.05, 0) is 27.2 Å². The first kappa shape index (κ1) is 13.5. The van der Waals surface area contributed by atoms with Gasteiger partial charge in [-0.1, -0.05) is 0 Å². The number of ether oxygens (including phenoxy) is 1. The molecule has 0 aromatic rings. The molecule has 1 saturated heterocycles. The summed E-state index contributed by atoms with van der Waals surface area (Å²) in [5.41, 5.74) is -0.561. The summed E-state index contributed by atoms with van der Waals surface area (Å²) in [5.74, 6) is -0.957. The van der Waals surface area contributed by atoms with Gasteiger partial charge in [0.1, 0.15) is 5.60 Å². The third-order valence-electron chi connectivity index (χ3n) is 2.24. The van der Waals surface area contributed by atoms with Crippen LogP contribution in [0.15, 0.2) is 0 Å². The molecule has 6 heteroatoms. The van der Waals surface area contributed by atoms with Crippen LogP contribution in [0, 0.1) is 5.92 Å². The van der Waals surface area contributed by atoms with Gasteiger partial charge in [0.2, 0.25) is 11.8 Å². The van der Waals surface area contributed by atoms with Gasteiger partial charge < -0.3 is 10.1 Å². The fourth-order valence-corrected chi connectivity index (χ4v) is 1.45. The third kappa shape index (κ3) is 4.84. The molecule has 0 bridgehead atoms. The van der Waals surface area contributed by atoms with Crippen LogP contribution < -0.4 is 10.6 Å². The van der Waals surface area contributed by atoms with E-state index in [1.54, 1.807) is 20.8 Å². The molecule has 1 atom stereocenters. The van der Waals surface area contributed by atoms with Crippen molar-refractivity contribution in [3.8, 4) is 0 Å². The zero-order valence-electron chi connectivity index (χ0n) is 10.3. The Balaban J connectivity index is 2.33. The van der Waals surface area contributed by atoms with Crippen LogP contribution in [0.3, 0.4) is 0 Å². The van der Waals surface area contributed by atoms with E-state index >= 15 is 0 Å². The summed E-state index contributed by atoms with van der Waals surface area (Å²) in [4.78, 5) is 33.6. The Bertz CT molecular complexity index is 333. The Morgan fingerprint density at radius 1 is 1.47 bits per heavy atom. The summed E-state index contributed by atoms with van der Waals surface area (Å²) in [7, 11) is 0. The lowest BCUT2D eigenvalue weighted by Crippen LogP contribution is -2.46. The van der Waals surface area contributed by atoms with Crippen molar-refractivity contribution in [1.82, 2.24) is 10.6 Å². The minimum absolute atomic E-state index is 0.189. The van der Waals surface area contributed by atoms with Gasteiger partial charge in [-0.15, -0.1) is 0 Å². The molecule has 1 unspecified atom stereocenters. The molecule has 1 aliphatic rings. The number of carbonyl (C=O) groups is 3. The Kier molecular flexibility index (Phi) is 4.09. The van der Waals surface area contributed by atoms with Crippen LogP contribution in [0.25, 0.3) is 0 Å². The Labute approximate surface area is 100 Å². The van der Waals surface area contributed by atoms with Crippen molar-refractivity contribution in [1.29, 1.82) is 0 Å². The number of amides is 3. The number of hydrogen-bond donors (Lipinski definition) is 2. The Hall–Kier alpha value is -1.59. The molecule has 1 rings (SSSR count). The maximum atomic E-state index is 11.4. The summed E-state index contributed by atoms with van der Waals surface area (Å²) in [5, 5.41) is 4.75. The van der Waals surface area contributed by atoms with Crippen LogP contribution in [-0.4, -0.2) is 30.1 Å². The second kappa shape index (κ2) is 5.16. The van der Waals surface area contributed by atoms with Gasteiger partial charge >= 0.3 is 6.09 Å². The molecule has 6 nitrogen and oxygen atoms in total. The lowest BCUT2D eigenvalue weighted by molar-refractivity contribution is -0.136. The topological polar surface area (TPSA) is 84.5 Å². The molecule has 0 saturated carbocycles. The number of piperidine rings is 1. The summed E-state index contributed by atoms with van der Waals surface area (Å²) in [6.45, 7) is 5.48. The zero-order chi connectivity index (χ0) is 13.1. The minimum atomic E-state index is -0.561. The van der Waals surface area contributed by atoms with Crippen molar-refractivity contribution in [2.75, 3.05) is 6.54 Å². The first-order valence-electron chi connectivity index (χ1n) is 5.58. The van der Waals surface area contributed by atoms with E-state index in [0.717, 1.165) is 0 Å². The third-order valence-corrected chi connectivity index (χ3v) is 2.24. The highest BCUT2D eigenvalue weighted by molar-refractivity contribution is 5.98. The molecular formula is C11H18N2O4. The fourth-order valence-electron chi connectivity index (χ4n) is 1.45. The SMILES string of the molecule is CC(C)(C)OC(=O)NCC1CCC(=O)NC1=O. The van der Waals surface area contributed by atoms with E-state index in [4.69, 9.17) is 4.74 Å². The average Bonchev–Trinajstić information content (AvgIpc) is 2.13. The van der Waals surface area contributed by atoms with Gasteiger partial charge in [-0.25, -0.2) is 4.79 Å². The van der Waals surface area contributed by atoms with Gasteiger partial charge in [0, 0.05) is 13.0 Å². The molecule has 17 heavy (non-hydrogen) atoms. The van der Waals surface area contributed by atoms with Crippen molar-refractivity contribution in [2.24, 2.45) is 5.92 Å². The van der Waals surface area contributed by atoms with Gasteiger partial charge in [-0.3, -0.25) is 14.9 Å². The predicted octanol–water partition coefficient (Wildman–Crippen LogP) is 0.564. The van der Waals surface area contributed by atoms with Crippen molar-refractivity contribution in [3.63, 3.8) is 0 Å². The number of rotatable bonds is 2. The second-order valence-corrected chi connectivity index (χ2v) is 5.03.